The zero-order chi connectivity index (χ0) is 11.0. The highest BCUT2D eigenvalue weighted by atomic mass is 14.9. The van der Waals surface area contributed by atoms with Gasteiger partial charge < -0.3 is 5.32 Å². The zero-order valence-corrected chi connectivity index (χ0v) is 10.1. The standard InChI is InChI=1S/C15H21N/c1-11(9-12-5-6-12)16-15-8-7-13-3-2-4-14(13)10-15/h7-8,10-12,16H,2-6,9H2,1H3. The number of anilines is 1. The Kier molecular flexibility index (Phi) is 2.62. The van der Waals surface area contributed by atoms with Crippen LogP contribution in [0, 0.1) is 5.92 Å². The fourth-order valence-electron chi connectivity index (χ4n) is 2.86. The summed E-state index contributed by atoms with van der Waals surface area (Å²) in [6.07, 6.45) is 8.16. The highest BCUT2D eigenvalue weighted by Crippen LogP contribution is 2.34. The molecule has 0 heterocycles. The molecule has 1 N–H and O–H groups in total. The summed E-state index contributed by atoms with van der Waals surface area (Å²) in [6.45, 7) is 2.31. The maximum absolute atomic E-state index is 3.64. The lowest BCUT2D eigenvalue weighted by Crippen LogP contribution is -2.15. The summed E-state index contributed by atoms with van der Waals surface area (Å²) >= 11 is 0. The van der Waals surface area contributed by atoms with Gasteiger partial charge in [-0.2, -0.15) is 0 Å². The van der Waals surface area contributed by atoms with Crippen LogP contribution in [0.3, 0.4) is 0 Å². The first-order valence-electron chi connectivity index (χ1n) is 6.69. The normalized spacial score (nSPS) is 20.6. The maximum Gasteiger partial charge on any atom is 0.0345 e. The molecule has 0 bridgehead atoms. The minimum absolute atomic E-state index is 0.631. The lowest BCUT2D eigenvalue weighted by molar-refractivity contribution is 0.642. The summed E-state index contributed by atoms with van der Waals surface area (Å²) < 4.78 is 0. The van der Waals surface area contributed by atoms with Crippen LogP contribution in [0.2, 0.25) is 0 Å². The molecule has 1 saturated carbocycles. The Labute approximate surface area is 98.3 Å². The van der Waals surface area contributed by atoms with Crippen LogP contribution in [0.5, 0.6) is 0 Å². The molecule has 1 fully saturated rings. The summed E-state index contributed by atoms with van der Waals surface area (Å²) in [5.74, 6) is 1.01. The van der Waals surface area contributed by atoms with Crippen molar-refractivity contribution in [1.82, 2.24) is 0 Å². The summed E-state index contributed by atoms with van der Waals surface area (Å²) in [7, 11) is 0. The van der Waals surface area contributed by atoms with E-state index in [1.807, 2.05) is 0 Å². The number of hydrogen-bond acceptors (Lipinski definition) is 1. The first kappa shape index (κ1) is 10.2. The van der Waals surface area contributed by atoms with E-state index < -0.39 is 0 Å². The maximum atomic E-state index is 3.64. The van der Waals surface area contributed by atoms with Gasteiger partial charge in [0.2, 0.25) is 0 Å². The first-order valence-corrected chi connectivity index (χ1v) is 6.69. The summed E-state index contributed by atoms with van der Waals surface area (Å²) in [6, 6.07) is 7.57. The molecule has 0 amide bonds. The highest BCUT2D eigenvalue weighted by Gasteiger charge is 2.23. The number of fused-ring (bicyclic) bond motifs is 1. The van der Waals surface area contributed by atoms with Crippen LogP contribution in [-0.2, 0) is 12.8 Å². The second-order valence-corrected chi connectivity index (χ2v) is 5.56. The molecule has 1 heteroatoms. The second-order valence-electron chi connectivity index (χ2n) is 5.56. The number of nitrogens with one attached hydrogen (secondary N) is 1. The van der Waals surface area contributed by atoms with E-state index >= 15 is 0 Å². The third kappa shape index (κ3) is 2.23. The molecule has 0 saturated heterocycles. The SMILES string of the molecule is CC(CC1CC1)Nc1ccc2c(c1)CCC2. The van der Waals surface area contributed by atoms with Crippen LogP contribution in [0.15, 0.2) is 18.2 Å². The molecule has 3 rings (SSSR count). The van der Waals surface area contributed by atoms with Gasteiger partial charge in [-0.15, -0.1) is 0 Å². The molecule has 1 aromatic carbocycles. The molecule has 0 aromatic heterocycles. The zero-order valence-electron chi connectivity index (χ0n) is 10.1. The third-order valence-electron chi connectivity index (χ3n) is 3.90. The number of rotatable bonds is 4. The Morgan fingerprint density at radius 1 is 1.25 bits per heavy atom. The third-order valence-corrected chi connectivity index (χ3v) is 3.90. The van der Waals surface area contributed by atoms with Gasteiger partial charge in [0.05, 0.1) is 0 Å². The molecule has 0 aliphatic heterocycles. The van der Waals surface area contributed by atoms with Crippen molar-refractivity contribution in [2.24, 2.45) is 5.92 Å². The Morgan fingerprint density at radius 3 is 2.88 bits per heavy atom. The van der Waals surface area contributed by atoms with Crippen LogP contribution in [-0.4, -0.2) is 6.04 Å². The van der Waals surface area contributed by atoms with Crippen LogP contribution < -0.4 is 5.32 Å². The average Bonchev–Trinajstić information content (AvgIpc) is 2.95. The molecule has 1 aromatic rings. The quantitative estimate of drug-likeness (QED) is 0.806. The minimum atomic E-state index is 0.631. The van der Waals surface area contributed by atoms with Crippen molar-refractivity contribution in [2.75, 3.05) is 5.32 Å². The fraction of sp³-hybridized carbons (Fsp3) is 0.600. The van der Waals surface area contributed by atoms with Crippen LogP contribution in [0.4, 0.5) is 5.69 Å². The van der Waals surface area contributed by atoms with E-state index in [-0.39, 0.29) is 0 Å². The summed E-state index contributed by atoms with van der Waals surface area (Å²) in [5.41, 5.74) is 4.47. The van der Waals surface area contributed by atoms with E-state index in [1.54, 1.807) is 11.1 Å². The number of aryl methyl sites for hydroxylation is 2. The lowest BCUT2D eigenvalue weighted by atomic mass is 10.1. The minimum Gasteiger partial charge on any atom is -0.383 e. The van der Waals surface area contributed by atoms with Gasteiger partial charge in [0, 0.05) is 11.7 Å². The van der Waals surface area contributed by atoms with Gasteiger partial charge in [0.25, 0.3) is 0 Å². The average molecular weight is 215 g/mol. The molecular weight excluding hydrogens is 194 g/mol. The van der Waals surface area contributed by atoms with Gasteiger partial charge in [0.15, 0.2) is 0 Å². The molecule has 1 nitrogen and oxygen atoms in total. The summed E-state index contributed by atoms with van der Waals surface area (Å²) in [4.78, 5) is 0. The Morgan fingerprint density at radius 2 is 2.06 bits per heavy atom. The second kappa shape index (κ2) is 4.12. The van der Waals surface area contributed by atoms with Gasteiger partial charge in [0.1, 0.15) is 0 Å². The molecule has 2 aliphatic rings. The fourth-order valence-corrected chi connectivity index (χ4v) is 2.86. The molecule has 0 radical (unpaired) electrons. The molecule has 2 aliphatic carbocycles. The van der Waals surface area contributed by atoms with Gasteiger partial charge in [-0.25, -0.2) is 0 Å². The van der Waals surface area contributed by atoms with Crippen molar-refractivity contribution in [2.45, 2.75) is 51.5 Å². The van der Waals surface area contributed by atoms with E-state index in [9.17, 15) is 0 Å². The largest absolute Gasteiger partial charge is 0.383 e. The van der Waals surface area contributed by atoms with E-state index in [0.717, 1.165) is 5.92 Å². The van der Waals surface area contributed by atoms with Crippen molar-refractivity contribution in [1.29, 1.82) is 0 Å². The molecule has 0 spiro atoms. The van der Waals surface area contributed by atoms with Gasteiger partial charge in [-0.3, -0.25) is 0 Å². The first-order chi connectivity index (χ1) is 7.81. The topological polar surface area (TPSA) is 12.0 Å². The van der Waals surface area contributed by atoms with Crippen molar-refractivity contribution in [3.05, 3.63) is 29.3 Å². The molecule has 16 heavy (non-hydrogen) atoms. The van der Waals surface area contributed by atoms with E-state index in [1.165, 1.54) is 44.2 Å². The molecule has 86 valence electrons. The van der Waals surface area contributed by atoms with Crippen LogP contribution in [0.1, 0.15) is 43.7 Å². The Balaban J connectivity index is 1.64. The predicted octanol–water partition coefficient (Wildman–Crippen LogP) is 3.78. The van der Waals surface area contributed by atoms with Crippen LogP contribution in [0.25, 0.3) is 0 Å². The van der Waals surface area contributed by atoms with Gasteiger partial charge in [-0.05, 0) is 61.8 Å². The van der Waals surface area contributed by atoms with Crippen molar-refractivity contribution >= 4 is 5.69 Å². The van der Waals surface area contributed by atoms with Crippen molar-refractivity contribution in [3.8, 4) is 0 Å². The molecule has 1 unspecified atom stereocenters. The molecular formula is C15H21N. The number of benzene rings is 1. The Hall–Kier alpha value is -0.980. The predicted molar refractivity (Wildman–Crippen MR) is 68.9 cm³/mol. The van der Waals surface area contributed by atoms with Crippen LogP contribution >= 0.6 is 0 Å². The molecule has 1 atom stereocenters. The van der Waals surface area contributed by atoms with E-state index in [2.05, 4.69) is 30.4 Å². The number of hydrogen-bond donors (Lipinski definition) is 1. The Bertz CT molecular complexity index is 379. The van der Waals surface area contributed by atoms with E-state index in [0.29, 0.717) is 6.04 Å². The van der Waals surface area contributed by atoms with E-state index in [4.69, 9.17) is 0 Å². The van der Waals surface area contributed by atoms with Gasteiger partial charge in [-0.1, -0.05) is 18.9 Å². The van der Waals surface area contributed by atoms with Crippen molar-refractivity contribution in [3.63, 3.8) is 0 Å². The monoisotopic (exact) mass is 215 g/mol. The lowest BCUT2D eigenvalue weighted by Gasteiger charge is -2.15. The smallest absolute Gasteiger partial charge is 0.0345 e. The highest BCUT2D eigenvalue weighted by molar-refractivity contribution is 5.50. The summed E-state index contributed by atoms with van der Waals surface area (Å²) in [5, 5.41) is 3.64. The van der Waals surface area contributed by atoms with Gasteiger partial charge >= 0.3 is 0 Å². The van der Waals surface area contributed by atoms with Crippen molar-refractivity contribution < 1.29 is 0 Å².